The molecular formula is C28H31N3OS. The monoisotopic (exact) mass is 457 g/mol. The van der Waals surface area contributed by atoms with Crippen molar-refractivity contribution >= 4 is 29.0 Å². The summed E-state index contributed by atoms with van der Waals surface area (Å²) in [4.78, 5) is 17.9. The number of carbonyl (C=O) groups excluding carboxylic acids is 1. The maximum absolute atomic E-state index is 13.0. The lowest BCUT2D eigenvalue weighted by atomic mass is 9.99. The second-order valence-corrected chi connectivity index (χ2v) is 10.2. The number of amides is 1. The summed E-state index contributed by atoms with van der Waals surface area (Å²) in [6.45, 7) is 7.18. The molecule has 3 aromatic carbocycles. The molecule has 0 aromatic heterocycles. The molecule has 0 aliphatic carbocycles. The van der Waals surface area contributed by atoms with Gasteiger partial charge >= 0.3 is 0 Å². The predicted molar refractivity (Wildman–Crippen MR) is 139 cm³/mol. The van der Waals surface area contributed by atoms with Gasteiger partial charge in [0.05, 0.1) is 0 Å². The maximum atomic E-state index is 13.0. The summed E-state index contributed by atoms with van der Waals surface area (Å²) in [6, 6.07) is 23.1. The van der Waals surface area contributed by atoms with Crippen molar-refractivity contribution in [1.82, 2.24) is 4.90 Å². The van der Waals surface area contributed by atoms with E-state index in [-0.39, 0.29) is 5.91 Å². The molecule has 2 aliphatic heterocycles. The topological polar surface area (TPSA) is 35.6 Å². The molecule has 1 amide bonds. The van der Waals surface area contributed by atoms with Crippen LogP contribution in [0.5, 0.6) is 0 Å². The van der Waals surface area contributed by atoms with Crippen molar-refractivity contribution in [3.8, 4) is 0 Å². The lowest BCUT2D eigenvalue weighted by molar-refractivity contribution is 0.102. The highest BCUT2D eigenvalue weighted by molar-refractivity contribution is 7.99. The van der Waals surface area contributed by atoms with E-state index in [4.69, 9.17) is 0 Å². The van der Waals surface area contributed by atoms with Crippen LogP contribution >= 0.6 is 11.8 Å². The molecule has 4 nitrogen and oxygen atoms in total. The van der Waals surface area contributed by atoms with Gasteiger partial charge in [-0.2, -0.15) is 11.8 Å². The van der Waals surface area contributed by atoms with Crippen LogP contribution in [0.1, 0.15) is 32.6 Å². The fourth-order valence-corrected chi connectivity index (χ4v) is 5.63. The Bertz CT molecular complexity index is 1120. The second-order valence-electron chi connectivity index (χ2n) is 8.98. The van der Waals surface area contributed by atoms with E-state index in [2.05, 4.69) is 69.7 Å². The minimum absolute atomic E-state index is 0.0554. The van der Waals surface area contributed by atoms with E-state index < -0.39 is 0 Å². The normalized spacial score (nSPS) is 16.3. The van der Waals surface area contributed by atoms with Crippen LogP contribution in [0.3, 0.4) is 0 Å². The summed E-state index contributed by atoms with van der Waals surface area (Å²) in [7, 11) is 0. The van der Waals surface area contributed by atoms with E-state index in [9.17, 15) is 4.79 Å². The van der Waals surface area contributed by atoms with Crippen LogP contribution in [0.2, 0.25) is 0 Å². The number of hydrogen-bond donors (Lipinski definition) is 1. The second kappa shape index (κ2) is 10.0. The lowest BCUT2D eigenvalue weighted by Crippen LogP contribution is -2.32. The van der Waals surface area contributed by atoms with Gasteiger partial charge in [-0.1, -0.05) is 36.4 Å². The minimum atomic E-state index is -0.0554. The number of rotatable bonds is 5. The van der Waals surface area contributed by atoms with Gasteiger partial charge in [-0.15, -0.1) is 0 Å². The number of anilines is 2. The van der Waals surface area contributed by atoms with Gasteiger partial charge in [0.15, 0.2) is 0 Å². The van der Waals surface area contributed by atoms with Crippen LogP contribution in [0.25, 0.3) is 0 Å². The summed E-state index contributed by atoms with van der Waals surface area (Å²) < 4.78 is 0. The number of nitrogens with zero attached hydrogens (tertiary/aromatic N) is 2. The molecule has 0 bridgehead atoms. The number of carbonyl (C=O) groups is 1. The summed E-state index contributed by atoms with van der Waals surface area (Å²) in [5, 5.41) is 3.14. The molecule has 170 valence electrons. The van der Waals surface area contributed by atoms with Gasteiger partial charge in [-0.3, -0.25) is 9.69 Å². The minimum Gasteiger partial charge on any atom is -0.367 e. The van der Waals surface area contributed by atoms with Crippen molar-refractivity contribution in [2.75, 3.05) is 41.4 Å². The van der Waals surface area contributed by atoms with Crippen molar-refractivity contribution < 1.29 is 4.79 Å². The largest absolute Gasteiger partial charge is 0.367 e. The molecule has 1 saturated heterocycles. The quantitative estimate of drug-likeness (QED) is 0.560. The molecule has 0 radical (unpaired) electrons. The summed E-state index contributed by atoms with van der Waals surface area (Å²) >= 11 is 2.03. The number of fused-ring (bicyclic) bond motifs is 1. The van der Waals surface area contributed by atoms with E-state index in [1.165, 1.54) is 33.9 Å². The summed E-state index contributed by atoms with van der Waals surface area (Å²) in [5.41, 5.74) is 7.94. The van der Waals surface area contributed by atoms with Crippen LogP contribution in [-0.4, -0.2) is 41.9 Å². The van der Waals surface area contributed by atoms with E-state index in [1.54, 1.807) is 0 Å². The summed E-state index contributed by atoms with van der Waals surface area (Å²) in [6.07, 6.45) is 1.06. The van der Waals surface area contributed by atoms with E-state index >= 15 is 0 Å². The highest BCUT2D eigenvalue weighted by Crippen LogP contribution is 2.25. The molecular weight excluding hydrogens is 426 g/mol. The lowest BCUT2D eigenvalue weighted by Gasteiger charge is -2.30. The highest BCUT2D eigenvalue weighted by Gasteiger charge is 2.17. The zero-order chi connectivity index (χ0) is 22.6. The Morgan fingerprint density at radius 3 is 2.48 bits per heavy atom. The van der Waals surface area contributed by atoms with Gasteiger partial charge < -0.3 is 10.2 Å². The molecule has 0 atom stereocenters. The fraction of sp³-hybridized carbons (Fsp3) is 0.321. The van der Waals surface area contributed by atoms with Crippen LogP contribution in [0.4, 0.5) is 11.4 Å². The van der Waals surface area contributed by atoms with Crippen LogP contribution in [0.15, 0.2) is 66.7 Å². The molecule has 33 heavy (non-hydrogen) atoms. The van der Waals surface area contributed by atoms with Crippen LogP contribution in [-0.2, 0) is 19.5 Å². The fourth-order valence-electron chi connectivity index (χ4n) is 4.65. The van der Waals surface area contributed by atoms with Crippen molar-refractivity contribution in [2.45, 2.75) is 26.4 Å². The molecule has 5 rings (SSSR count). The zero-order valence-electron chi connectivity index (χ0n) is 19.2. The zero-order valence-corrected chi connectivity index (χ0v) is 20.0. The van der Waals surface area contributed by atoms with E-state index in [1.807, 2.05) is 30.8 Å². The standard InChI is InChI=1S/C28H31N3OS/c1-21-6-7-22(19-30-14-16-33-17-15-30)18-27(21)29-28(32)24-8-10-26(11-9-24)31-13-12-23-4-2-3-5-25(23)20-31/h2-11,18H,12-17,19-20H2,1H3,(H,29,32). The molecule has 1 N–H and O–H groups in total. The maximum Gasteiger partial charge on any atom is 0.255 e. The molecule has 0 unspecified atom stereocenters. The van der Waals surface area contributed by atoms with E-state index in [0.29, 0.717) is 5.56 Å². The molecule has 2 aliphatic rings. The first kappa shape index (κ1) is 22.1. The highest BCUT2D eigenvalue weighted by atomic mass is 32.2. The number of thioether (sulfide) groups is 1. The van der Waals surface area contributed by atoms with Gasteiger partial charge in [-0.05, 0) is 65.9 Å². The Balaban J connectivity index is 1.24. The Hall–Kier alpha value is -2.76. The van der Waals surface area contributed by atoms with Gasteiger partial charge in [0, 0.05) is 61.2 Å². The van der Waals surface area contributed by atoms with Gasteiger partial charge in [-0.25, -0.2) is 0 Å². The van der Waals surface area contributed by atoms with Gasteiger partial charge in [0.25, 0.3) is 5.91 Å². The van der Waals surface area contributed by atoms with E-state index in [0.717, 1.165) is 50.4 Å². The molecule has 1 fully saturated rings. The van der Waals surface area contributed by atoms with Crippen molar-refractivity contribution in [3.63, 3.8) is 0 Å². The van der Waals surface area contributed by atoms with Gasteiger partial charge in [0.1, 0.15) is 0 Å². The Kier molecular flexibility index (Phi) is 6.70. The molecule has 0 saturated carbocycles. The first-order chi connectivity index (χ1) is 16.2. The first-order valence-electron chi connectivity index (χ1n) is 11.8. The van der Waals surface area contributed by atoms with Crippen molar-refractivity contribution in [1.29, 1.82) is 0 Å². The average molecular weight is 458 g/mol. The van der Waals surface area contributed by atoms with Crippen molar-refractivity contribution in [2.24, 2.45) is 0 Å². The molecule has 0 spiro atoms. The predicted octanol–water partition coefficient (Wildman–Crippen LogP) is 5.36. The SMILES string of the molecule is Cc1ccc(CN2CCSCC2)cc1NC(=O)c1ccc(N2CCc3ccccc3C2)cc1. The first-order valence-corrected chi connectivity index (χ1v) is 12.9. The summed E-state index contributed by atoms with van der Waals surface area (Å²) in [5.74, 6) is 2.35. The average Bonchev–Trinajstić information content (AvgIpc) is 2.86. The smallest absolute Gasteiger partial charge is 0.255 e. The third kappa shape index (κ3) is 5.26. The number of benzene rings is 3. The molecule has 2 heterocycles. The van der Waals surface area contributed by atoms with Crippen LogP contribution in [0, 0.1) is 6.92 Å². The number of aryl methyl sites for hydroxylation is 1. The Morgan fingerprint density at radius 1 is 0.939 bits per heavy atom. The number of nitrogens with one attached hydrogen (secondary N) is 1. The molecule has 3 aromatic rings. The Labute approximate surface area is 201 Å². The third-order valence-electron chi connectivity index (χ3n) is 6.69. The molecule has 5 heteroatoms. The Morgan fingerprint density at radius 2 is 1.70 bits per heavy atom. The number of hydrogen-bond acceptors (Lipinski definition) is 4. The third-order valence-corrected chi connectivity index (χ3v) is 7.63. The van der Waals surface area contributed by atoms with Crippen molar-refractivity contribution in [3.05, 3.63) is 94.5 Å². The van der Waals surface area contributed by atoms with Crippen LogP contribution < -0.4 is 10.2 Å². The van der Waals surface area contributed by atoms with Gasteiger partial charge in [0.2, 0.25) is 0 Å².